The molecule has 0 aliphatic carbocycles. The van der Waals surface area contributed by atoms with Gasteiger partial charge in [-0.05, 0) is 77.5 Å². The van der Waals surface area contributed by atoms with Crippen molar-refractivity contribution >= 4 is 55.0 Å². The highest BCUT2D eigenvalue weighted by Gasteiger charge is 2.24. The van der Waals surface area contributed by atoms with E-state index >= 15 is 0 Å². The van der Waals surface area contributed by atoms with Gasteiger partial charge in [0.1, 0.15) is 0 Å². The van der Waals surface area contributed by atoms with Gasteiger partial charge >= 0.3 is 0 Å². The molecule has 0 atom stereocenters. The molecule has 0 bridgehead atoms. The summed E-state index contributed by atoms with van der Waals surface area (Å²) >= 11 is 0. The molecule has 0 saturated carbocycles. The van der Waals surface area contributed by atoms with Crippen molar-refractivity contribution in [3.05, 3.63) is 149 Å². The predicted molar refractivity (Wildman–Crippen MR) is 185 cm³/mol. The van der Waals surface area contributed by atoms with Gasteiger partial charge in [-0.25, -0.2) is 9.69 Å². The smallest absolute Gasteiger partial charge is 0.188 e. The van der Waals surface area contributed by atoms with Gasteiger partial charge in [-0.3, -0.25) is 4.98 Å². The summed E-state index contributed by atoms with van der Waals surface area (Å²) in [4.78, 5) is 12.1. The maximum Gasteiger partial charge on any atom is 0.188 e. The quantitative estimate of drug-likeness (QED) is 0.186. The predicted octanol–water partition coefficient (Wildman–Crippen LogP) is 9.66. The number of fused-ring (bicyclic) bond motifs is 6. The van der Waals surface area contributed by atoms with Gasteiger partial charge in [0.05, 0.1) is 93.9 Å². The summed E-state index contributed by atoms with van der Waals surface area (Å²) in [5.41, 5.74) is 8.47. The first kappa shape index (κ1) is 27.8. The van der Waals surface area contributed by atoms with Crippen LogP contribution in [0.3, 0.4) is 0 Å². The highest BCUT2D eigenvalue weighted by molar-refractivity contribution is 6.13. The first-order valence-electron chi connectivity index (χ1n) is 14.8. The Balaban J connectivity index is 1.58. The summed E-state index contributed by atoms with van der Waals surface area (Å²) in [6.45, 7) is 15.3. The minimum atomic E-state index is 0.469. The Labute approximate surface area is 274 Å². The molecule has 0 radical (unpaired) electrons. The Morgan fingerprint density at radius 3 is 1.46 bits per heavy atom. The van der Waals surface area contributed by atoms with Crippen molar-refractivity contribution in [3.8, 4) is 40.7 Å². The van der Waals surface area contributed by atoms with E-state index in [1.54, 1.807) is 42.7 Å². The number of hydrogen-bond acceptors (Lipinski definition) is 4. The number of aromatic nitrogens is 3. The number of benzene rings is 5. The zero-order valence-electron chi connectivity index (χ0n) is 25.0. The van der Waals surface area contributed by atoms with E-state index in [9.17, 15) is 15.8 Å². The molecule has 0 aliphatic heterocycles. The molecule has 8 aromatic rings. The fourth-order valence-corrected chi connectivity index (χ4v) is 6.67. The Kier molecular flexibility index (Phi) is 6.22. The number of rotatable bonds is 3. The summed E-state index contributed by atoms with van der Waals surface area (Å²) in [5.74, 6) is 0. The average Bonchev–Trinajstić information content (AvgIpc) is 3.65. The summed E-state index contributed by atoms with van der Waals surface area (Å²) in [6.07, 6.45) is 3.54. The lowest BCUT2D eigenvalue weighted by molar-refractivity contribution is 1.09. The molecular weight excluding hydrogens is 592 g/mol. The molecule has 0 fully saturated rings. The summed E-state index contributed by atoms with van der Waals surface area (Å²) in [7, 11) is 0. The van der Waals surface area contributed by atoms with E-state index in [-0.39, 0.29) is 0 Å². The summed E-state index contributed by atoms with van der Waals surface area (Å²) < 4.78 is 4.14. The van der Waals surface area contributed by atoms with Gasteiger partial charge in [-0.1, -0.05) is 30.3 Å². The average molecular weight is 611 g/mol. The van der Waals surface area contributed by atoms with Crippen molar-refractivity contribution in [2.45, 2.75) is 0 Å². The lowest BCUT2D eigenvalue weighted by Crippen LogP contribution is -2.05. The first-order chi connectivity index (χ1) is 23.6. The van der Waals surface area contributed by atoms with Crippen LogP contribution in [0.4, 0.5) is 11.4 Å². The molecule has 3 heterocycles. The van der Waals surface area contributed by atoms with E-state index in [2.05, 4.69) is 37.0 Å². The van der Waals surface area contributed by atoms with E-state index in [1.165, 1.54) is 0 Å². The summed E-state index contributed by atoms with van der Waals surface area (Å²) in [6, 6.07) is 36.2. The number of nitriles is 3. The Morgan fingerprint density at radius 1 is 0.542 bits per heavy atom. The molecule has 0 spiro atoms. The Morgan fingerprint density at radius 2 is 1.00 bits per heavy atom. The lowest BCUT2D eigenvalue weighted by atomic mass is 9.97. The number of hydrogen-bond donors (Lipinski definition) is 0. The van der Waals surface area contributed by atoms with Gasteiger partial charge in [0, 0.05) is 21.9 Å². The molecule has 8 rings (SSSR count). The Bertz CT molecular complexity index is 2600. The van der Waals surface area contributed by atoms with Crippen molar-refractivity contribution in [1.82, 2.24) is 14.1 Å². The summed E-state index contributed by atoms with van der Waals surface area (Å²) in [5, 5.41) is 33.1. The van der Waals surface area contributed by atoms with Crippen LogP contribution >= 0.6 is 0 Å². The van der Waals surface area contributed by atoms with Gasteiger partial charge in [-0.2, -0.15) is 15.8 Å². The second-order valence-corrected chi connectivity index (χ2v) is 11.2. The normalized spacial score (nSPS) is 10.8. The minimum Gasteiger partial charge on any atom is -0.307 e. The molecule has 8 nitrogen and oxygen atoms in total. The molecule has 0 N–H and O–H groups in total. The van der Waals surface area contributed by atoms with E-state index in [0.717, 1.165) is 49.2 Å². The van der Waals surface area contributed by atoms with Gasteiger partial charge in [0.15, 0.2) is 11.4 Å². The van der Waals surface area contributed by atoms with Crippen LogP contribution in [0, 0.1) is 47.1 Å². The van der Waals surface area contributed by atoms with Gasteiger partial charge in [0.25, 0.3) is 0 Å². The third-order valence-corrected chi connectivity index (χ3v) is 8.72. The largest absolute Gasteiger partial charge is 0.307 e. The van der Waals surface area contributed by atoms with E-state index in [4.69, 9.17) is 18.1 Å². The molecule has 0 unspecified atom stereocenters. The van der Waals surface area contributed by atoms with Crippen LogP contribution in [0.25, 0.3) is 75.8 Å². The molecule has 0 amide bonds. The fraction of sp³-hybridized carbons (Fsp3) is 0. The maximum absolute atomic E-state index is 10.3. The first-order valence-corrected chi connectivity index (χ1v) is 14.8. The second kappa shape index (κ2) is 10.7. The van der Waals surface area contributed by atoms with Crippen LogP contribution in [-0.4, -0.2) is 14.1 Å². The zero-order chi connectivity index (χ0) is 32.9. The van der Waals surface area contributed by atoms with Crippen molar-refractivity contribution in [2.75, 3.05) is 0 Å². The van der Waals surface area contributed by atoms with Crippen molar-refractivity contribution in [2.24, 2.45) is 0 Å². The molecule has 218 valence electrons. The van der Waals surface area contributed by atoms with Crippen molar-refractivity contribution < 1.29 is 0 Å². The molecule has 48 heavy (non-hydrogen) atoms. The zero-order valence-corrected chi connectivity index (χ0v) is 25.0. The number of pyridine rings is 1. The van der Waals surface area contributed by atoms with Crippen molar-refractivity contribution in [1.29, 1.82) is 15.8 Å². The van der Waals surface area contributed by atoms with Crippen LogP contribution in [0.5, 0.6) is 0 Å². The lowest BCUT2D eigenvalue weighted by Gasteiger charge is -2.20. The number of nitrogens with zero attached hydrogens (tertiary/aromatic N) is 8. The Hall–Kier alpha value is -7.70. The molecular formula is C40H18N8. The highest BCUT2D eigenvalue weighted by atomic mass is 15.0. The van der Waals surface area contributed by atoms with Gasteiger partial charge in [0.2, 0.25) is 0 Å². The van der Waals surface area contributed by atoms with Crippen LogP contribution in [-0.2, 0) is 0 Å². The van der Waals surface area contributed by atoms with E-state index in [0.29, 0.717) is 45.0 Å². The minimum absolute atomic E-state index is 0.469. The molecule has 0 saturated heterocycles. The van der Waals surface area contributed by atoms with Crippen molar-refractivity contribution in [3.63, 3.8) is 0 Å². The van der Waals surface area contributed by atoms with Crippen LogP contribution in [0.15, 0.2) is 109 Å². The van der Waals surface area contributed by atoms with Gasteiger partial charge < -0.3 is 9.13 Å². The van der Waals surface area contributed by atoms with Crippen LogP contribution in [0.1, 0.15) is 16.7 Å². The third kappa shape index (κ3) is 4.01. The standard InChI is InChI=1S/C40H18N8/c1-44-27-9-13-36-32(17-27)33-18-28(45-2)10-14-37(33)48(36)39-23-46-22-38(40(39)29-6-4-3-5-26(29)21-43)47-34-11-7-24(19-41)15-30(34)31-16-25(20-42)8-12-35(31)47/h3-18,22-23H. The molecule has 0 aliphatic rings. The molecule has 5 aromatic carbocycles. The SMILES string of the molecule is [C-]#[N+]c1ccc2c(c1)c1cc([N+]#[C-])ccc1n2-c1cncc(-n2c3ccc(C#N)cc3c3cc(C#N)ccc32)c1-c1ccccc1C#N. The third-order valence-electron chi connectivity index (χ3n) is 8.72. The fourth-order valence-electron chi connectivity index (χ4n) is 6.67. The van der Waals surface area contributed by atoms with Gasteiger partial charge in [-0.15, -0.1) is 0 Å². The monoisotopic (exact) mass is 610 g/mol. The highest BCUT2D eigenvalue weighted by Crippen LogP contribution is 2.43. The maximum atomic E-state index is 10.3. The van der Waals surface area contributed by atoms with E-state index < -0.39 is 0 Å². The topological polar surface area (TPSA) is 103 Å². The second-order valence-electron chi connectivity index (χ2n) is 11.2. The molecule has 3 aromatic heterocycles. The van der Waals surface area contributed by atoms with E-state index in [1.807, 2.05) is 66.7 Å². The van der Waals surface area contributed by atoms with Crippen LogP contribution in [0.2, 0.25) is 0 Å². The molecule has 8 heteroatoms. The van der Waals surface area contributed by atoms with Crippen LogP contribution < -0.4 is 0 Å².